The maximum atomic E-state index is 13.0. The van der Waals surface area contributed by atoms with Crippen LogP contribution in [-0.2, 0) is 20.7 Å². The zero-order valence-corrected chi connectivity index (χ0v) is 18.1. The van der Waals surface area contributed by atoms with Crippen molar-refractivity contribution in [3.8, 4) is 11.8 Å². The molecule has 30 heavy (non-hydrogen) atoms. The lowest BCUT2D eigenvalue weighted by Gasteiger charge is -2.25. The Morgan fingerprint density at radius 1 is 1.20 bits per heavy atom. The van der Waals surface area contributed by atoms with E-state index in [0.717, 1.165) is 10.5 Å². The minimum Gasteiger partial charge on any atom is -0.447 e. The molecule has 0 radical (unpaired) electrons. The van der Waals surface area contributed by atoms with E-state index in [2.05, 4.69) is 11.8 Å². The van der Waals surface area contributed by atoms with Crippen LogP contribution in [0.2, 0.25) is 0 Å². The summed E-state index contributed by atoms with van der Waals surface area (Å²) in [5, 5.41) is 10.4. The van der Waals surface area contributed by atoms with Gasteiger partial charge in [-0.25, -0.2) is 9.69 Å². The SMILES string of the molecule is CC#C[C@@H](C)CC[C@@H](O)[C@H](C)C(=O)[C@@H](C)C(=O)N1C(=O)OC[C@H]1Cc1ccccc1. The lowest BCUT2D eigenvalue weighted by Crippen LogP contribution is -2.46. The molecular weight excluding hydrogens is 382 g/mol. The molecule has 5 atom stereocenters. The van der Waals surface area contributed by atoms with Crippen LogP contribution in [0.25, 0.3) is 0 Å². The van der Waals surface area contributed by atoms with Crippen molar-refractivity contribution in [2.75, 3.05) is 6.61 Å². The van der Waals surface area contributed by atoms with Gasteiger partial charge in [0.05, 0.1) is 18.1 Å². The third kappa shape index (κ3) is 5.93. The van der Waals surface area contributed by atoms with Crippen LogP contribution in [0.4, 0.5) is 4.79 Å². The first kappa shape index (κ1) is 23.6. The van der Waals surface area contributed by atoms with E-state index in [4.69, 9.17) is 4.74 Å². The Balaban J connectivity index is 2.01. The highest BCUT2D eigenvalue weighted by Crippen LogP contribution is 2.23. The van der Waals surface area contributed by atoms with Gasteiger partial charge in [0.1, 0.15) is 12.4 Å². The number of imide groups is 1. The van der Waals surface area contributed by atoms with Gasteiger partial charge >= 0.3 is 6.09 Å². The van der Waals surface area contributed by atoms with E-state index in [1.165, 1.54) is 6.92 Å². The summed E-state index contributed by atoms with van der Waals surface area (Å²) in [4.78, 5) is 39.1. The van der Waals surface area contributed by atoms with Crippen LogP contribution in [0.5, 0.6) is 0 Å². The van der Waals surface area contributed by atoms with Gasteiger partial charge in [0.25, 0.3) is 0 Å². The fourth-order valence-electron chi connectivity index (χ4n) is 3.67. The summed E-state index contributed by atoms with van der Waals surface area (Å²) in [6, 6.07) is 9.07. The molecule has 0 aromatic heterocycles. The normalized spacial score (nSPS) is 19.8. The smallest absolute Gasteiger partial charge is 0.417 e. The quantitative estimate of drug-likeness (QED) is 0.496. The molecule has 1 fully saturated rings. The van der Waals surface area contributed by atoms with Crippen LogP contribution >= 0.6 is 0 Å². The number of hydrogen-bond donors (Lipinski definition) is 1. The number of aliphatic hydroxyl groups excluding tert-OH is 1. The molecule has 162 valence electrons. The average Bonchev–Trinajstić information content (AvgIpc) is 3.10. The minimum atomic E-state index is -1.04. The second-order valence-electron chi connectivity index (χ2n) is 7.98. The molecule has 0 saturated carbocycles. The molecule has 1 saturated heterocycles. The molecule has 0 bridgehead atoms. The Morgan fingerprint density at radius 3 is 2.50 bits per heavy atom. The number of carbonyl (C=O) groups is 3. The highest BCUT2D eigenvalue weighted by atomic mass is 16.6. The van der Waals surface area contributed by atoms with E-state index in [-0.39, 0.29) is 18.3 Å². The van der Waals surface area contributed by atoms with Gasteiger partial charge in [-0.3, -0.25) is 9.59 Å². The molecule has 1 aromatic carbocycles. The van der Waals surface area contributed by atoms with Gasteiger partial charge in [0, 0.05) is 11.8 Å². The van der Waals surface area contributed by atoms with E-state index in [9.17, 15) is 19.5 Å². The van der Waals surface area contributed by atoms with Crippen molar-refractivity contribution in [2.24, 2.45) is 17.8 Å². The fraction of sp³-hybridized carbons (Fsp3) is 0.542. The molecule has 0 spiro atoms. The summed E-state index contributed by atoms with van der Waals surface area (Å²) >= 11 is 0. The van der Waals surface area contributed by atoms with Crippen molar-refractivity contribution in [1.82, 2.24) is 4.90 Å². The largest absolute Gasteiger partial charge is 0.447 e. The molecule has 6 heteroatoms. The van der Waals surface area contributed by atoms with Crippen molar-refractivity contribution in [1.29, 1.82) is 0 Å². The Hall–Kier alpha value is -2.65. The highest BCUT2D eigenvalue weighted by Gasteiger charge is 2.42. The lowest BCUT2D eigenvalue weighted by atomic mass is 9.87. The van der Waals surface area contributed by atoms with Crippen molar-refractivity contribution in [3.63, 3.8) is 0 Å². The molecule has 1 aliphatic heterocycles. The Kier molecular flexibility index (Phi) is 8.61. The molecule has 6 nitrogen and oxygen atoms in total. The Bertz CT molecular complexity index is 810. The van der Waals surface area contributed by atoms with Crippen LogP contribution in [0, 0.1) is 29.6 Å². The lowest BCUT2D eigenvalue weighted by molar-refractivity contribution is -0.142. The summed E-state index contributed by atoms with van der Waals surface area (Å²) in [5.41, 5.74) is 0.977. The third-order valence-electron chi connectivity index (χ3n) is 5.62. The van der Waals surface area contributed by atoms with E-state index < -0.39 is 36.0 Å². The van der Waals surface area contributed by atoms with E-state index in [0.29, 0.717) is 19.3 Å². The van der Waals surface area contributed by atoms with Crippen molar-refractivity contribution in [2.45, 2.75) is 59.1 Å². The summed E-state index contributed by atoms with van der Waals surface area (Å²) in [6.07, 6.45) is -0.0282. The number of ketones is 1. The van der Waals surface area contributed by atoms with Crippen LogP contribution < -0.4 is 0 Å². The number of nitrogens with zero attached hydrogens (tertiary/aromatic N) is 1. The van der Waals surface area contributed by atoms with Gasteiger partial charge in [-0.05, 0) is 38.7 Å². The van der Waals surface area contributed by atoms with Gasteiger partial charge in [0.2, 0.25) is 5.91 Å². The van der Waals surface area contributed by atoms with Gasteiger partial charge in [-0.15, -0.1) is 11.8 Å². The minimum absolute atomic E-state index is 0.106. The molecule has 1 N–H and O–H groups in total. The van der Waals surface area contributed by atoms with E-state index in [1.807, 2.05) is 37.3 Å². The van der Waals surface area contributed by atoms with Crippen LogP contribution in [0.15, 0.2) is 30.3 Å². The number of carbonyl (C=O) groups excluding carboxylic acids is 3. The van der Waals surface area contributed by atoms with Crippen molar-refractivity contribution < 1.29 is 24.2 Å². The predicted octanol–water partition coefficient (Wildman–Crippen LogP) is 3.22. The predicted molar refractivity (Wildman–Crippen MR) is 113 cm³/mol. The zero-order valence-electron chi connectivity index (χ0n) is 18.1. The summed E-state index contributed by atoms with van der Waals surface area (Å²) in [6.45, 7) is 6.95. The monoisotopic (exact) mass is 413 g/mol. The number of benzene rings is 1. The molecule has 0 unspecified atom stereocenters. The number of amides is 2. The maximum Gasteiger partial charge on any atom is 0.417 e. The van der Waals surface area contributed by atoms with Crippen molar-refractivity contribution >= 4 is 17.8 Å². The summed E-state index contributed by atoms with van der Waals surface area (Å²) in [5.74, 6) is 3.29. The fourth-order valence-corrected chi connectivity index (χ4v) is 3.67. The van der Waals surface area contributed by atoms with Gasteiger partial charge in [0.15, 0.2) is 0 Å². The zero-order chi connectivity index (χ0) is 22.3. The standard InChI is InChI=1S/C24H31NO5/c1-5-9-16(2)12-13-21(26)17(3)22(27)18(4)23(28)25-20(15-30-24(25)29)14-19-10-7-6-8-11-19/h6-8,10-11,16-18,20-21,26H,12-15H2,1-4H3/t16-,17+,18-,20-,21-/m1/s1. The number of Topliss-reactive ketones (excluding diaryl/α,β-unsaturated/α-hetero) is 1. The highest BCUT2D eigenvalue weighted by molar-refractivity contribution is 6.07. The average molecular weight is 414 g/mol. The molecule has 1 aromatic rings. The molecule has 0 aliphatic carbocycles. The number of ether oxygens (including phenoxy) is 1. The summed E-state index contributed by atoms with van der Waals surface area (Å²) in [7, 11) is 0. The second-order valence-corrected chi connectivity index (χ2v) is 7.98. The van der Waals surface area contributed by atoms with Gasteiger partial charge in [-0.2, -0.15) is 0 Å². The molecule has 1 aliphatic rings. The molecule has 1 heterocycles. The number of hydrogen-bond acceptors (Lipinski definition) is 5. The second kappa shape index (κ2) is 10.9. The van der Waals surface area contributed by atoms with Crippen LogP contribution in [0.3, 0.4) is 0 Å². The number of rotatable bonds is 9. The summed E-state index contributed by atoms with van der Waals surface area (Å²) < 4.78 is 5.09. The van der Waals surface area contributed by atoms with Crippen LogP contribution in [0.1, 0.15) is 46.1 Å². The number of aliphatic hydroxyl groups is 1. The topological polar surface area (TPSA) is 83.9 Å². The first-order chi connectivity index (χ1) is 14.3. The first-order valence-electron chi connectivity index (χ1n) is 10.4. The maximum absolute atomic E-state index is 13.0. The van der Waals surface area contributed by atoms with E-state index in [1.54, 1.807) is 13.8 Å². The van der Waals surface area contributed by atoms with E-state index >= 15 is 0 Å². The Labute approximate surface area is 178 Å². The molecule has 2 amide bonds. The third-order valence-corrected chi connectivity index (χ3v) is 5.62. The van der Waals surface area contributed by atoms with Crippen LogP contribution in [-0.4, -0.2) is 46.5 Å². The van der Waals surface area contributed by atoms with Crippen molar-refractivity contribution in [3.05, 3.63) is 35.9 Å². The molecule has 2 rings (SSSR count). The number of cyclic esters (lactones) is 1. The molecular formula is C24H31NO5. The van der Waals surface area contributed by atoms with Gasteiger partial charge in [-0.1, -0.05) is 44.2 Å². The van der Waals surface area contributed by atoms with Gasteiger partial charge < -0.3 is 9.84 Å². The Morgan fingerprint density at radius 2 is 1.87 bits per heavy atom. The first-order valence-corrected chi connectivity index (χ1v) is 10.4.